The number of nitrogens with zero attached hydrogens (tertiary/aromatic N) is 3. The number of pyridine rings is 1. The van der Waals surface area contributed by atoms with Crippen molar-refractivity contribution in [3.63, 3.8) is 0 Å². The Hall–Kier alpha value is -1.46. The van der Waals surface area contributed by atoms with Gasteiger partial charge in [0.05, 0.1) is 11.1 Å². The van der Waals surface area contributed by atoms with E-state index in [1.807, 2.05) is 19.9 Å². The van der Waals surface area contributed by atoms with Crippen molar-refractivity contribution in [2.24, 2.45) is 0 Å². The quantitative estimate of drug-likeness (QED) is 0.600. The number of benzene rings is 1. The summed E-state index contributed by atoms with van der Waals surface area (Å²) in [5, 5.41) is -0.360. The maximum Gasteiger partial charge on any atom is 0.165 e. The molecule has 3 rings (SSSR count). The molecule has 3 aromatic rings. The van der Waals surface area contributed by atoms with Crippen LogP contribution in [-0.2, 0) is 0 Å². The van der Waals surface area contributed by atoms with E-state index < -0.39 is 0 Å². The lowest BCUT2D eigenvalue weighted by Gasteiger charge is -2.11. The predicted molar refractivity (Wildman–Crippen MR) is 85.5 cm³/mol. The molecule has 1 atom stereocenters. The van der Waals surface area contributed by atoms with E-state index in [4.69, 9.17) is 11.6 Å². The van der Waals surface area contributed by atoms with Crippen LogP contribution in [-0.4, -0.2) is 14.5 Å². The van der Waals surface area contributed by atoms with E-state index in [0.717, 1.165) is 11.1 Å². The van der Waals surface area contributed by atoms with Crippen LogP contribution in [0.2, 0.25) is 0 Å². The molecular formula is C15H12BrClFN3. The zero-order chi connectivity index (χ0) is 15.1. The van der Waals surface area contributed by atoms with Gasteiger partial charge in [-0.15, -0.1) is 11.6 Å². The second-order valence-corrected chi connectivity index (χ2v) is 6.39. The van der Waals surface area contributed by atoms with Crippen LogP contribution in [0.4, 0.5) is 4.39 Å². The van der Waals surface area contributed by atoms with Crippen LogP contribution < -0.4 is 0 Å². The van der Waals surface area contributed by atoms with Crippen molar-refractivity contribution in [3.8, 4) is 5.69 Å². The molecule has 2 heterocycles. The monoisotopic (exact) mass is 367 g/mol. The number of alkyl halides is 1. The van der Waals surface area contributed by atoms with Crippen molar-refractivity contribution in [1.29, 1.82) is 0 Å². The number of hydrogen-bond donors (Lipinski definition) is 0. The van der Waals surface area contributed by atoms with Gasteiger partial charge in [0.2, 0.25) is 0 Å². The summed E-state index contributed by atoms with van der Waals surface area (Å²) in [4.78, 5) is 8.89. The lowest BCUT2D eigenvalue weighted by atomic mass is 10.2. The molecule has 6 heteroatoms. The summed E-state index contributed by atoms with van der Waals surface area (Å²) in [6, 6.07) is 6.76. The summed E-state index contributed by atoms with van der Waals surface area (Å²) in [5.74, 6) is 0.222. The van der Waals surface area contributed by atoms with Crippen LogP contribution in [0.25, 0.3) is 16.9 Å². The first kappa shape index (κ1) is 14.5. The summed E-state index contributed by atoms with van der Waals surface area (Å²) in [6.45, 7) is 3.76. The van der Waals surface area contributed by atoms with Gasteiger partial charge in [0.15, 0.2) is 5.65 Å². The summed E-state index contributed by atoms with van der Waals surface area (Å²) in [6.07, 6.45) is 1.69. The highest BCUT2D eigenvalue weighted by molar-refractivity contribution is 9.10. The van der Waals surface area contributed by atoms with Gasteiger partial charge in [-0.1, -0.05) is 15.9 Å². The fourth-order valence-electron chi connectivity index (χ4n) is 2.28. The maximum absolute atomic E-state index is 14.3. The average Bonchev–Trinajstić information content (AvgIpc) is 2.80. The fraction of sp³-hybridized carbons (Fsp3) is 0.200. The van der Waals surface area contributed by atoms with Gasteiger partial charge in [-0.25, -0.2) is 14.4 Å². The van der Waals surface area contributed by atoms with E-state index in [0.29, 0.717) is 21.6 Å². The summed E-state index contributed by atoms with van der Waals surface area (Å²) < 4.78 is 16.7. The summed E-state index contributed by atoms with van der Waals surface area (Å²) >= 11 is 9.48. The number of fused-ring (bicyclic) bond motifs is 1. The molecule has 0 saturated heterocycles. The molecule has 0 aliphatic carbocycles. The molecule has 1 aromatic carbocycles. The van der Waals surface area contributed by atoms with Crippen LogP contribution in [0.5, 0.6) is 0 Å². The van der Waals surface area contributed by atoms with Crippen molar-refractivity contribution in [2.75, 3.05) is 0 Å². The van der Waals surface area contributed by atoms with Gasteiger partial charge >= 0.3 is 0 Å². The Bertz CT molecular complexity index is 829. The lowest BCUT2D eigenvalue weighted by Crippen LogP contribution is -2.05. The molecular weight excluding hydrogens is 357 g/mol. The first-order valence-corrected chi connectivity index (χ1v) is 7.65. The van der Waals surface area contributed by atoms with Crippen molar-refractivity contribution in [2.45, 2.75) is 19.2 Å². The number of halogens is 3. The van der Waals surface area contributed by atoms with E-state index in [1.165, 1.54) is 6.07 Å². The Labute approximate surface area is 134 Å². The Morgan fingerprint density at radius 1 is 1.33 bits per heavy atom. The molecule has 0 N–H and O–H groups in total. The highest BCUT2D eigenvalue weighted by Gasteiger charge is 2.20. The number of imidazole rings is 1. The van der Waals surface area contributed by atoms with Gasteiger partial charge in [-0.3, -0.25) is 4.57 Å². The van der Waals surface area contributed by atoms with Gasteiger partial charge in [0.1, 0.15) is 17.2 Å². The predicted octanol–water partition coefficient (Wildman–Crippen LogP) is 4.93. The zero-order valence-corrected chi connectivity index (χ0v) is 13.8. The maximum atomic E-state index is 14.3. The highest BCUT2D eigenvalue weighted by Crippen LogP contribution is 2.30. The second-order valence-electron chi connectivity index (χ2n) is 4.82. The van der Waals surface area contributed by atoms with Gasteiger partial charge < -0.3 is 0 Å². The minimum absolute atomic E-state index is 0.356. The molecule has 0 bridgehead atoms. The van der Waals surface area contributed by atoms with Crippen molar-refractivity contribution in [3.05, 3.63) is 52.1 Å². The Kier molecular flexibility index (Phi) is 3.71. The summed E-state index contributed by atoms with van der Waals surface area (Å²) in [5.41, 5.74) is 2.72. The third-order valence-corrected chi connectivity index (χ3v) is 3.97. The topological polar surface area (TPSA) is 30.7 Å². The second kappa shape index (κ2) is 5.39. The number of aryl methyl sites for hydroxylation is 1. The molecule has 2 aromatic heterocycles. The lowest BCUT2D eigenvalue weighted by molar-refractivity contribution is 0.615. The minimum atomic E-state index is -0.360. The Morgan fingerprint density at radius 3 is 2.76 bits per heavy atom. The first-order chi connectivity index (χ1) is 9.99. The first-order valence-electron chi connectivity index (χ1n) is 6.42. The molecule has 0 aliphatic heterocycles. The fourth-order valence-corrected chi connectivity index (χ4v) is 2.76. The van der Waals surface area contributed by atoms with Crippen molar-refractivity contribution in [1.82, 2.24) is 14.5 Å². The molecule has 108 valence electrons. The van der Waals surface area contributed by atoms with Crippen LogP contribution in [0.15, 0.2) is 34.9 Å². The Morgan fingerprint density at radius 2 is 2.10 bits per heavy atom. The number of hydrogen-bond acceptors (Lipinski definition) is 2. The highest BCUT2D eigenvalue weighted by atomic mass is 79.9. The van der Waals surface area contributed by atoms with Crippen molar-refractivity contribution >= 4 is 38.7 Å². The van der Waals surface area contributed by atoms with E-state index in [1.54, 1.807) is 22.9 Å². The van der Waals surface area contributed by atoms with Gasteiger partial charge in [0, 0.05) is 10.7 Å². The van der Waals surface area contributed by atoms with E-state index in [2.05, 4.69) is 25.9 Å². The zero-order valence-electron chi connectivity index (χ0n) is 11.4. The molecule has 0 radical (unpaired) electrons. The van der Waals surface area contributed by atoms with Gasteiger partial charge in [-0.05, 0) is 43.7 Å². The van der Waals surface area contributed by atoms with Crippen LogP contribution in [0, 0.1) is 12.7 Å². The molecule has 3 nitrogen and oxygen atoms in total. The standard InChI is InChI=1S/C15H12BrClFN3/c1-8-5-6-19-15-13(8)20-14(9(2)17)21(15)12-4-3-10(16)7-11(12)18/h3-7,9H,1-2H3. The largest absolute Gasteiger partial charge is 0.276 e. The smallest absolute Gasteiger partial charge is 0.165 e. The molecule has 0 aliphatic rings. The molecule has 0 fully saturated rings. The molecule has 0 amide bonds. The van der Waals surface area contributed by atoms with Crippen LogP contribution in [0.1, 0.15) is 23.7 Å². The minimum Gasteiger partial charge on any atom is -0.276 e. The van der Waals surface area contributed by atoms with E-state index in [9.17, 15) is 4.39 Å². The van der Waals surface area contributed by atoms with Crippen molar-refractivity contribution < 1.29 is 4.39 Å². The Balaban J connectivity index is 2.39. The van der Waals surface area contributed by atoms with Crippen LogP contribution in [0.3, 0.4) is 0 Å². The normalized spacial score (nSPS) is 12.8. The summed E-state index contributed by atoms with van der Waals surface area (Å²) in [7, 11) is 0. The third-order valence-electron chi connectivity index (χ3n) is 3.28. The molecule has 0 saturated carbocycles. The average molecular weight is 369 g/mol. The number of rotatable bonds is 2. The molecule has 21 heavy (non-hydrogen) atoms. The third kappa shape index (κ3) is 2.45. The SMILES string of the molecule is Cc1ccnc2c1nc(C(C)Cl)n2-c1ccc(Br)cc1F. The van der Waals surface area contributed by atoms with E-state index >= 15 is 0 Å². The number of aromatic nitrogens is 3. The van der Waals surface area contributed by atoms with Gasteiger partial charge in [-0.2, -0.15) is 0 Å². The van der Waals surface area contributed by atoms with Crippen LogP contribution >= 0.6 is 27.5 Å². The van der Waals surface area contributed by atoms with E-state index in [-0.39, 0.29) is 11.2 Å². The van der Waals surface area contributed by atoms with Gasteiger partial charge in [0.25, 0.3) is 0 Å². The molecule has 1 unspecified atom stereocenters. The molecule has 0 spiro atoms.